The van der Waals surface area contributed by atoms with Crippen LogP contribution in [0.2, 0.25) is 0 Å². The second-order valence-electron chi connectivity index (χ2n) is 19.9. The van der Waals surface area contributed by atoms with Gasteiger partial charge in [0.25, 0.3) is 0 Å². The van der Waals surface area contributed by atoms with E-state index < -0.39 is 17.5 Å². The number of carboxylic acid groups (broad SMARTS) is 1. The number of nitrogens with zero attached hydrogens (tertiary/aromatic N) is 1. The Kier molecular flexibility index (Phi) is 10.2. The number of rotatable bonds is 11. The second kappa shape index (κ2) is 14.0. The lowest BCUT2D eigenvalue weighted by molar-refractivity contribution is -0.221. The molecule has 6 aliphatic rings. The number of aliphatic hydroxyl groups is 2. The molecule has 0 radical (unpaired) electrons. The second-order valence-corrected chi connectivity index (χ2v) is 19.9. The van der Waals surface area contributed by atoms with Crippen molar-refractivity contribution >= 4 is 12.3 Å². The Labute approximate surface area is 323 Å². The number of ether oxygens (including phenoxy) is 1. The zero-order valence-electron chi connectivity index (χ0n) is 33.8. The van der Waals surface area contributed by atoms with Gasteiger partial charge >= 0.3 is 5.97 Å². The molecular weight excluding hydrogens is 677 g/mol. The molecule has 6 aliphatic carbocycles. The predicted octanol–water partition coefficient (Wildman–Crippen LogP) is 8.34. The first-order valence-corrected chi connectivity index (χ1v) is 20.9. The number of nitrogens with one attached hydrogen (secondary N) is 1. The molecule has 8 heteroatoms. The molecule has 0 aromatic carbocycles. The average molecular weight is 743 g/mol. The summed E-state index contributed by atoms with van der Waals surface area (Å²) in [7, 11) is 0. The summed E-state index contributed by atoms with van der Waals surface area (Å²) >= 11 is 0. The van der Waals surface area contributed by atoms with Crippen molar-refractivity contribution in [3.05, 3.63) is 59.3 Å². The van der Waals surface area contributed by atoms with E-state index >= 15 is 0 Å². The lowest BCUT2D eigenvalue weighted by Crippen LogP contribution is -2.68. The summed E-state index contributed by atoms with van der Waals surface area (Å²) in [6.07, 6.45) is 18.3. The number of carbonyl (C=O) groups is 2. The summed E-state index contributed by atoms with van der Waals surface area (Å²) in [5, 5.41) is 34.3. The summed E-state index contributed by atoms with van der Waals surface area (Å²) in [5.41, 5.74) is 3.81. The van der Waals surface area contributed by atoms with Crippen LogP contribution in [0.3, 0.4) is 0 Å². The highest BCUT2D eigenvalue weighted by molar-refractivity contribution is 5.78. The van der Waals surface area contributed by atoms with Gasteiger partial charge in [0.05, 0.1) is 18.3 Å². The third-order valence-corrected chi connectivity index (χ3v) is 17.4. The highest BCUT2D eigenvalue weighted by atomic mass is 16.5. The fourth-order valence-corrected chi connectivity index (χ4v) is 14.3. The molecule has 54 heavy (non-hydrogen) atoms. The Morgan fingerprint density at radius 3 is 2.46 bits per heavy atom. The van der Waals surface area contributed by atoms with Gasteiger partial charge in [0.15, 0.2) is 6.29 Å². The monoisotopic (exact) mass is 742 g/mol. The van der Waals surface area contributed by atoms with Crippen molar-refractivity contribution in [3.63, 3.8) is 0 Å². The Bertz CT molecular complexity index is 1720. The van der Waals surface area contributed by atoms with E-state index in [0.29, 0.717) is 67.2 Å². The predicted molar refractivity (Wildman–Crippen MR) is 211 cm³/mol. The van der Waals surface area contributed by atoms with E-state index in [1.54, 1.807) is 18.3 Å². The maximum Gasteiger partial charge on any atom is 0.313 e. The minimum absolute atomic E-state index is 0.00628. The van der Waals surface area contributed by atoms with Gasteiger partial charge in [-0.1, -0.05) is 58.9 Å². The van der Waals surface area contributed by atoms with Crippen molar-refractivity contribution in [2.45, 2.75) is 130 Å². The lowest BCUT2D eigenvalue weighted by Gasteiger charge is -2.72. The maximum absolute atomic E-state index is 12.7. The molecule has 4 saturated carbocycles. The van der Waals surface area contributed by atoms with Gasteiger partial charge in [0.2, 0.25) is 5.88 Å². The average Bonchev–Trinajstić information content (AvgIpc) is 3.54. The van der Waals surface area contributed by atoms with E-state index in [9.17, 15) is 24.9 Å². The molecule has 0 aliphatic heterocycles. The van der Waals surface area contributed by atoms with E-state index in [2.05, 4.69) is 70.6 Å². The number of hydrogen-bond acceptors (Lipinski definition) is 7. The molecule has 0 saturated heterocycles. The van der Waals surface area contributed by atoms with Gasteiger partial charge < -0.3 is 25.4 Å². The number of pyridine rings is 1. The highest BCUT2D eigenvalue weighted by Gasteiger charge is 2.70. The van der Waals surface area contributed by atoms with Crippen LogP contribution in [-0.4, -0.2) is 64.0 Å². The van der Waals surface area contributed by atoms with Gasteiger partial charge in [-0.3, -0.25) is 9.59 Å². The number of allylic oxidation sites excluding steroid dienone is 5. The van der Waals surface area contributed by atoms with Crippen LogP contribution in [0.15, 0.2) is 53.8 Å². The first-order chi connectivity index (χ1) is 25.5. The summed E-state index contributed by atoms with van der Waals surface area (Å²) in [5.74, 6) is 2.03. The highest BCUT2D eigenvalue weighted by Crippen LogP contribution is 2.76. The summed E-state index contributed by atoms with van der Waals surface area (Å²) in [6, 6.07) is 3.30. The van der Waals surface area contributed by atoms with Crippen molar-refractivity contribution in [2.24, 2.45) is 56.7 Å². The molecule has 1 heterocycles. The van der Waals surface area contributed by atoms with E-state index in [0.717, 1.165) is 25.7 Å². The first kappa shape index (κ1) is 39.4. The summed E-state index contributed by atoms with van der Waals surface area (Å²) in [4.78, 5) is 28.5. The minimum Gasteiger partial charge on any atom is -0.481 e. The largest absolute Gasteiger partial charge is 0.481 e. The van der Waals surface area contributed by atoms with Crippen LogP contribution in [0.4, 0.5) is 0 Å². The van der Waals surface area contributed by atoms with Gasteiger partial charge in [-0.05, 0) is 159 Å². The topological polar surface area (TPSA) is 129 Å². The number of hydrogen-bond donors (Lipinski definition) is 4. The van der Waals surface area contributed by atoms with Crippen LogP contribution in [0.5, 0.6) is 5.88 Å². The number of β-amino-alcohol motifs (C(OH)–C–C–N with tert-alkyl or cyclic N) is 1. The normalized spacial score (nSPS) is 41.5. The Hall–Kier alpha value is -2.81. The molecule has 1 aromatic heterocycles. The molecule has 0 amide bonds. The standard InChI is InChI=1S/C46H66N2O6/c1-29(2)33-14-21-46(48-25-32(51)27-50)23-22-43(6)35(38(33)46)10-11-37-42(5)17-15-34(41(3,4)36(42)16-18-44(37,43)7)30-12-19-45(20-13-30,40(52)53)28-54-39-31(26-49)9-8-24-47-39/h8-9,12,15,24,26,32-33,35-38,48,50-51H,1,10-11,13-14,16-23,25,27-28H2,2-7H3,(H,52,53)/t32-,33+,35-,36+,37-,38-,42+,43-,44-,45+,46+/m1/s1. The number of fused-ring (bicyclic) bond motifs is 7. The van der Waals surface area contributed by atoms with Crippen LogP contribution in [0, 0.1) is 56.7 Å². The van der Waals surface area contributed by atoms with Crippen molar-refractivity contribution in [1.82, 2.24) is 10.3 Å². The summed E-state index contributed by atoms with van der Waals surface area (Å²) in [6.45, 7) is 19.8. The number of carboxylic acids is 1. The smallest absolute Gasteiger partial charge is 0.313 e. The minimum atomic E-state index is -1.07. The number of aldehydes is 1. The van der Waals surface area contributed by atoms with Crippen molar-refractivity contribution < 1.29 is 29.6 Å². The number of aliphatic hydroxyl groups excluding tert-OH is 2. The van der Waals surface area contributed by atoms with Gasteiger partial charge in [0.1, 0.15) is 12.0 Å². The fraction of sp³-hybridized carbons (Fsp3) is 0.717. The van der Waals surface area contributed by atoms with Crippen molar-refractivity contribution in [2.75, 3.05) is 19.8 Å². The van der Waals surface area contributed by atoms with Gasteiger partial charge in [-0.2, -0.15) is 0 Å². The molecule has 0 spiro atoms. The quantitative estimate of drug-likeness (QED) is 0.132. The van der Waals surface area contributed by atoms with E-state index in [4.69, 9.17) is 4.74 Å². The molecule has 8 nitrogen and oxygen atoms in total. The molecule has 0 unspecified atom stereocenters. The van der Waals surface area contributed by atoms with Crippen molar-refractivity contribution in [3.8, 4) is 5.88 Å². The summed E-state index contributed by atoms with van der Waals surface area (Å²) < 4.78 is 5.92. The Balaban J connectivity index is 1.14. The third-order valence-electron chi connectivity index (χ3n) is 17.4. The van der Waals surface area contributed by atoms with Gasteiger partial charge in [0, 0.05) is 18.3 Å². The van der Waals surface area contributed by atoms with Crippen LogP contribution >= 0.6 is 0 Å². The van der Waals surface area contributed by atoms with Crippen LogP contribution in [-0.2, 0) is 4.79 Å². The number of aromatic nitrogens is 1. The fourth-order valence-electron chi connectivity index (χ4n) is 14.3. The zero-order valence-corrected chi connectivity index (χ0v) is 33.8. The molecule has 7 rings (SSSR count). The zero-order chi connectivity index (χ0) is 38.9. The third kappa shape index (κ3) is 5.90. The Morgan fingerprint density at radius 2 is 1.80 bits per heavy atom. The molecule has 4 fully saturated rings. The van der Waals surface area contributed by atoms with Crippen LogP contribution < -0.4 is 10.1 Å². The molecule has 4 N–H and O–H groups in total. The van der Waals surface area contributed by atoms with Crippen LogP contribution in [0.25, 0.3) is 0 Å². The molecule has 11 atom stereocenters. The number of aliphatic carboxylic acids is 1. The molecule has 296 valence electrons. The number of carbonyl (C=O) groups excluding carboxylic acids is 1. The SMILES string of the molecule is C=C(C)[C@@H]1CC[C@]2(NC[C@@H](O)CO)CC[C@]3(C)[C@H](CC[C@@H]4[C@@]5(C)CC=C(C6=CC[C@](COc7ncccc7C=O)(C(=O)O)CC6)C(C)(C)[C@@H]5CC[C@]43C)[C@@H]12. The van der Waals surface area contributed by atoms with E-state index in [1.165, 1.54) is 48.8 Å². The maximum atomic E-state index is 12.7. The van der Waals surface area contributed by atoms with E-state index in [1.807, 2.05) is 0 Å². The first-order valence-electron chi connectivity index (χ1n) is 20.9. The molecular formula is C46H66N2O6. The Morgan fingerprint density at radius 1 is 1.02 bits per heavy atom. The molecule has 1 aromatic rings. The van der Waals surface area contributed by atoms with Crippen LogP contribution in [0.1, 0.15) is 129 Å². The van der Waals surface area contributed by atoms with E-state index in [-0.39, 0.29) is 46.3 Å². The molecule has 0 bridgehead atoms. The van der Waals surface area contributed by atoms with Gasteiger partial charge in [-0.15, -0.1) is 0 Å². The van der Waals surface area contributed by atoms with Gasteiger partial charge in [-0.25, -0.2) is 4.98 Å². The lowest BCUT2D eigenvalue weighted by atomic mass is 9.33. The van der Waals surface area contributed by atoms with Crippen molar-refractivity contribution in [1.29, 1.82) is 0 Å².